The van der Waals surface area contributed by atoms with Crippen LogP contribution >= 0.6 is 0 Å². The SMILES string of the molecule is CC1(C)[C@@H](O)CC[C@@]2(C)[C@@H]3C[C@@H]4[C@@H]5C[C@@]3(CC[C@@H]12)C[C@@]45C. The van der Waals surface area contributed by atoms with Crippen LogP contribution in [0.1, 0.15) is 72.6 Å². The Morgan fingerprint density at radius 1 is 0.857 bits per heavy atom. The predicted molar refractivity (Wildman–Crippen MR) is 84.7 cm³/mol. The molecule has 0 aromatic rings. The molecule has 21 heavy (non-hydrogen) atoms. The number of aliphatic hydroxyl groups excluding tert-OH is 1. The van der Waals surface area contributed by atoms with Crippen LogP contribution in [0.4, 0.5) is 0 Å². The van der Waals surface area contributed by atoms with Gasteiger partial charge in [0, 0.05) is 0 Å². The summed E-state index contributed by atoms with van der Waals surface area (Å²) in [6.45, 7) is 9.92. The lowest BCUT2D eigenvalue weighted by Gasteiger charge is -2.66. The summed E-state index contributed by atoms with van der Waals surface area (Å²) in [6, 6.07) is 0. The van der Waals surface area contributed by atoms with Crippen LogP contribution in [0.3, 0.4) is 0 Å². The van der Waals surface area contributed by atoms with Gasteiger partial charge in [-0.15, -0.1) is 0 Å². The van der Waals surface area contributed by atoms with Crippen LogP contribution in [-0.2, 0) is 0 Å². The van der Waals surface area contributed by atoms with E-state index in [1.54, 1.807) is 12.8 Å². The van der Waals surface area contributed by atoms with E-state index in [-0.39, 0.29) is 11.5 Å². The van der Waals surface area contributed by atoms with Crippen LogP contribution < -0.4 is 0 Å². The van der Waals surface area contributed by atoms with Crippen molar-refractivity contribution in [3.05, 3.63) is 0 Å². The summed E-state index contributed by atoms with van der Waals surface area (Å²) in [5, 5.41) is 10.6. The molecule has 8 atom stereocenters. The van der Waals surface area contributed by atoms with E-state index in [1.807, 2.05) is 0 Å². The van der Waals surface area contributed by atoms with Crippen molar-refractivity contribution >= 4 is 0 Å². The number of hydrogen-bond donors (Lipinski definition) is 1. The van der Waals surface area contributed by atoms with Gasteiger partial charge in [0.05, 0.1) is 6.10 Å². The molecule has 0 aromatic carbocycles. The van der Waals surface area contributed by atoms with E-state index in [9.17, 15) is 5.11 Å². The van der Waals surface area contributed by atoms with Crippen molar-refractivity contribution < 1.29 is 5.11 Å². The van der Waals surface area contributed by atoms with Gasteiger partial charge in [-0.05, 0) is 90.3 Å². The number of rotatable bonds is 0. The molecular formula is C20H32O. The van der Waals surface area contributed by atoms with Gasteiger partial charge in [0.1, 0.15) is 0 Å². The third kappa shape index (κ3) is 1.28. The van der Waals surface area contributed by atoms with Gasteiger partial charge < -0.3 is 5.11 Å². The quantitative estimate of drug-likeness (QED) is 0.688. The second-order valence-corrected chi connectivity index (χ2v) is 10.7. The van der Waals surface area contributed by atoms with Gasteiger partial charge in [-0.2, -0.15) is 0 Å². The lowest BCUT2D eigenvalue weighted by molar-refractivity contribution is -0.190. The monoisotopic (exact) mass is 288 g/mol. The minimum Gasteiger partial charge on any atom is -0.393 e. The second-order valence-electron chi connectivity index (χ2n) is 10.7. The van der Waals surface area contributed by atoms with E-state index in [2.05, 4.69) is 27.7 Å². The smallest absolute Gasteiger partial charge is 0.0594 e. The van der Waals surface area contributed by atoms with Gasteiger partial charge in [-0.25, -0.2) is 0 Å². The summed E-state index contributed by atoms with van der Waals surface area (Å²) in [4.78, 5) is 0. The molecule has 0 amide bonds. The molecule has 1 N–H and O–H groups in total. The predicted octanol–water partition coefficient (Wildman–Crippen LogP) is 4.64. The fraction of sp³-hybridized carbons (Fsp3) is 1.00. The van der Waals surface area contributed by atoms with Gasteiger partial charge in [-0.3, -0.25) is 0 Å². The first-order valence-corrected chi connectivity index (χ1v) is 9.42. The molecule has 6 aliphatic carbocycles. The van der Waals surface area contributed by atoms with Crippen LogP contribution in [0.5, 0.6) is 0 Å². The van der Waals surface area contributed by atoms with E-state index < -0.39 is 0 Å². The molecule has 1 heteroatoms. The minimum atomic E-state index is -0.0754. The fourth-order valence-corrected chi connectivity index (χ4v) is 8.83. The lowest BCUT2D eigenvalue weighted by atomic mass is 9.39. The fourth-order valence-electron chi connectivity index (χ4n) is 8.83. The first-order chi connectivity index (χ1) is 9.74. The molecule has 6 rings (SSSR count). The Bertz CT molecular complexity index is 510. The molecule has 0 radical (unpaired) electrons. The van der Waals surface area contributed by atoms with Gasteiger partial charge in [0.25, 0.3) is 0 Å². The average molecular weight is 288 g/mol. The molecule has 0 unspecified atom stereocenters. The molecule has 1 spiro atoms. The number of aliphatic hydroxyl groups is 1. The van der Waals surface area contributed by atoms with E-state index in [0.717, 1.165) is 35.5 Å². The molecule has 6 fully saturated rings. The van der Waals surface area contributed by atoms with Crippen LogP contribution in [-0.4, -0.2) is 11.2 Å². The highest BCUT2D eigenvalue weighted by Crippen LogP contribution is 2.85. The van der Waals surface area contributed by atoms with Gasteiger partial charge in [-0.1, -0.05) is 27.7 Å². The summed E-state index contributed by atoms with van der Waals surface area (Å²) in [7, 11) is 0. The maximum absolute atomic E-state index is 10.6. The number of fused-ring (bicyclic) bond motifs is 1. The highest BCUT2D eigenvalue weighted by Gasteiger charge is 2.78. The van der Waals surface area contributed by atoms with E-state index in [0.29, 0.717) is 10.8 Å². The highest BCUT2D eigenvalue weighted by molar-refractivity contribution is 5.27. The molecule has 1 nitrogen and oxygen atoms in total. The van der Waals surface area contributed by atoms with E-state index in [4.69, 9.17) is 0 Å². The Balaban J connectivity index is 1.56. The van der Waals surface area contributed by atoms with Crippen LogP contribution in [0.25, 0.3) is 0 Å². The van der Waals surface area contributed by atoms with Crippen molar-refractivity contribution in [3.63, 3.8) is 0 Å². The van der Waals surface area contributed by atoms with E-state index in [1.165, 1.54) is 25.7 Å². The highest BCUT2D eigenvalue weighted by atomic mass is 16.3. The van der Waals surface area contributed by atoms with Crippen molar-refractivity contribution in [2.45, 2.75) is 78.7 Å². The van der Waals surface area contributed by atoms with Crippen molar-refractivity contribution in [2.24, 2.45) is 45.3 Å². The zero-order valence-electron chi connectivity index (χ0n) is 14.3. The van der Waals surface area contributed by atoms with Crippen molar-refractivity contribution in [3.8, 4) is 0 Å². The molecular weight excluding hydrogens is 256 g/mol. The molecule has 4 bridgehead atoms. The standard InChI is InChI=1S/C20H32O/c1-17(2)14-5-8-20-10-13-12(19(13,4)11-20)9-15(20)18(14,3)7-6-16(17)21/h12-16,21H,5-11H2,1-4H3/t12-,13+,14+,15+,16+,18-,19+,20+/m1/s1. The Morgan fingerprint density at radius 3 is 2.29 bits per heavy atom. The largest absolute Gasteiger partial charge is 0.393 e. The summed E-state index contributed by atoms with van der Waals surface area (Å²) < 4.78 is 0. The first-order valence-electron chi connectivity index (χ1n) is 9.42. The Hall–Kier alpha value is -0.0400. The molecule has 0 aromatic heterocycles. The van der Waals surface area contributed by atoms with Crippen molar-refractivity contribution in [1.82, 2.24) is 0 Å². The number of hydrogen-bond acceptors (Lipinski definition) is 1. The third-order valence-electron chi connectivity index (χ3n) is 9.90. The zero-order chi connectivity index (χ0) is 14.8. The molecule has 6 saturated carbocycles. The molecule has 0 aliphatic heterocycles. The Morgan fingerprint density at radius 2 is 1.62 bits per heavy atom. The van der Waals surface area contributed by atoms with Gasteiger partial charge in [0.15, 0.2) is 0 Å². The summed E-state index contributed by atoms with van der Waals surface area (Å²) in [5.74, 6) is 3.87. The lowest BCUT2D eigenvalue weighted by Crippen LogP contribution is -2.60. The third-order valence-corrected chi connectivity index (χ3v) is 9.90. The Kier molecular flexibility index (Phi) is 2.17. The summed E-state index contributed by atoms with van der Waals surface area (Å²) in [6.07, 6.45) is 9.72. The van der Waals surface area contributed by atoms with E-state index >= 15 is 0 Å². The second kappa shape index (κ2) is 3.40. The van der Waals surface area contributed by atoms with Gasteiger partial charge in [0.2, 0.25) is 0 Å². The van der Waals surface area contributed by atoms with Crippen LogP contribution in [0.15, 0.2) is 0 Å². The maximum Gasteiger partial charge on any atom is 0.0594 e. The summed E-state index contributed by atoms with van der Waals surface area (Å²) >= 11 is 0. The molecule has 118 valence electrons. The molecule has 6 aliphatic rings. The normalized spacial score (nSPS) is 66.4. The molecule has 0 saturated heterocycles. The van der Waals surface area contributed by atoms with Crippen molar-refractivity contribution in [2.75, 3.05) is 0 Å². The molecule has 0 heterocycles. The first kappa shape index (κ1) is 13.4. The topological polar surface area (TPSA) is 20.2 Å². The maximum atomic E-state index is 10.6. The summed E-state index contributed by atoms with van der Waals surface area (Å²) in [5.41, 5.74) is 2.10. The van der Waals surface area contributed by atoms with Crippen LogP contribution in [0.2, 0.25) is 0 Å². The van der Waals surface area contributed by atoms with Gasteiger partial charge >= 0.3 is 0 Å². The van der Waals surface area contributed by atoms with Crippen LogP contribution in [0, 0.1) is 45.3 Å². The zero-order valence-corrected chi connectivity index (χ0v) is 14.3. The van der Waals surface area contributed by atoms with Crippen molar-refractivity contribution in [1.29, 1.82) is 0 Å². The Labute approximate surface area is 129 Å². The average Bonchev–Trinajstić information content (AvgIpc) is 2.86. The minimum absolute atomic E-state index is 0.0754.